The van der Waals surface area contributed by atoms with E-state index in [-0.39, 0.29) is 11.3 Å². The van der Waals surface area contributed by atoms with Crippen molar-refractivity contribution in [3.05, 3.63) is 58.4 Å². The van der Waals surface area contributed by atoms with Gasteiger partial charge in [0.2, 0.25) is 0 Å². The molecule has 0 aliphatic rings. The van der Waals surface area contributed by atoms with Gasteiger partial charge in [-0.25, -0.2) is 4.39 Å². The fourth-order valence-electron chi connectivity index (χ4n) is 2.42. The molecule has 0 unspecified atom stereocenters. The zero-order chi connectivity index (χ0) is 15.6. The van der Waals surface area contributed by atoms with Gasteiger partial charge in [-0.3, -0.25) is 10.6 Å². The minimum absolute atomic E-state index is 0.0163. The van der Waals surface area contributed by atoms with Gasteiger partial charge in [-0.15, -0.1) is 0 Å². The zero-order valence-corrected chi connectivity index (χ0v) is 12.3. The van der Waals surface area contributed by atoms with Crippen LogP contribution in [0.1, 0.15) is 27.0 Å². The number of benzene rings is 2. The Labute approximate surface area is 123 Å². The van der Waals surface area contributed by atoms with Crippen LogP contribution >= 0.6 is 0 Å². The van der Waals surface area contributed by atoms with Crippen LogP contribution in [0.15, 0.2) is 30.3 Å². The van der Waals surface area contributed by atoms with Crippen molar-refractivity contribution in [1.29, 1.82) is 0 Å². The van der Waals surface area contributed by atoms with Crippen LogP contribution in [0.3, 0.4) is 0 Å². The highest BCUT2D eigenvalue weighted by Crippen LogP contribution is 2.25. The molecule has 1 amide bonds. The lowest BCUT2D eigenvalue weighted by atomic mass is 10.0. The number of hydrogen-bond acceptors (Lipinski definition) is 3. The number of hydrogen-bond donors (Lipinski definition) is 3. The Morgan fingerprint density at radius 2 is 1.71 bits per heavy atom. The number of nitrogens with one attached hydrogen (secondary N) is 2. The summed E-state index contributed by atoms with van der Waals surface area (Å²) in [7, 11) is 0. The fraction of sp³-hybridized carbons (Fsp3) is 0.188. The number of rotatable bonds is 3. The maximum Gasteiger partial charge on any atom is 0.257 e. The minimum Gasteiger partial charge on any atom is -0.321 e. The second-order valence-electron chi connectivity index (χ2n) is 5.03. The van der Waals surface area contributed by atoms with Gasteiger partial charge in [0, 0.05) is 5.69 Å². The van der Waals surface area contributed by atoms with E-state index >= 15 is 0 Å². The third-order valence-corrected chi connectivity index (χ3v) is 3.32. The van der Waals surface area contributed by atoms with Crippen molar-refractivity contribution in [2.75, 3.05) is 10.7 Å². The van der Waals surface area contributed by atoms with E-state index < -0.39 is 11.7 Å². The lowest BCUT2D eigenvalue weighted by Crippen LogP contribution is -2.19. The molecule has 2 aromatic carbocycles. The van der Waals surface area contributed by atoms with Crippen LogP contribution < -0.4 is 16.6 Å². The summed E-state index contributed by atoms with van der Waals surface area (Å²) < 4.78 is 13.6. The van der Waals surface area contributed by atoms with Gasteiger partial charge in [0.05, 0.1) is 11.3 Å². The summed E-state index contributed by atoms with van der Waals surface area (Å²) in [5.74, 6) is 4.32. The second kappa shape index (κ2) is 5.93. The van der Waals surface area contributed by atoms with E-state index in [1.807, 2.05) is 32.9 Å². The molecular weight excluding hydrogens is 269 g/mol. The quantitative estimate of drug-likeness (QED) is 0.599. The SMILES string of the molecule is Cc1cc(C)c(NC(=O)c2cccc(F)c2NN)c(C)c1. The summed E-state index contributed by atoms with van der Waals surface area (Å²) in [5.41, 5.74) is 6.15. The molecule has 0 aliphatic heterocycles. The molecule has 0 radical (unpaired) electrons. The van der Waals surface area contributed by atoms with Gasteiger partial charge in [-0.05, 0) is 44.0 Å². The largest absolute Gasteiger partial charge is 0.321 e. The minimum atomic E-state index is -0.567. The summed E-state index contributed by atoms with van der Waals surface area (Å²) in [6.45, 7) is 5.83. The van der Waals surface area contributed by atoms with Crippen LogP contribution in [0.2, 0.25) is 0 Å². The van der Waals surface area contributed by atoms with Gasteiger partial charge in [0.25, 0.3) is 5.91 Å². The van der Waals surface area contributed by atoms with Crippen LogP contribution in [0.5, 0.6) is 0 Å². The third-order valence-electron chi connectivity index (χ3n) is 3.32. The molecule has 0 aromatic heterocycles. The van der Waals surface area contributed by atoms with E-state index in [0.29, 0.717) is 0 Å². The molecule has 0 heterocycles. The number of halogens is 1. The van der Waals surface area contributed by atoms with Crippen molar-refractivity contribution in [2.45, 2.75) is 20.8 Å². The number of anilines is 2. The first-order chi connectivity index (χ1) is 9.93. The standard InChI is InChI=1S/C16H18FN3O/c1-9-7-10(2)14(11(3)8-9)19-16(21)12-5-4-6-13(17)15(12)20-18/h4-8,20H,18H2,1-3H3,(H,19,21). The molecule has 0 bridgehead atoms. The maximum absolute atomic E-state index is 13.6. The molecule has 110 valence electrons. The smallest absolute Gasteiger partial charge is 0.257 e. The molecule has 0 spiro atoms. The highest BCUT2D eigenvalue weighted by molar-refractivity contribution is 6.08. The van der Waals surface area contributed by atoms with Gasteiger partial charge in [0.1, 0.15) is 5.82 Å². The Kier molecular flexibility index (Phi) is 4.23. The lowest BCUT2D eigenvalue weighted by Gasteiger charge is -2.14. The number of amides is 1. The van der Waals surface area contributed by atoms with Crippen molar-refractivity contribution in [2.24, 2.45) is 5.84 Å². The summed E-state index contributed by atoms with van der Waals surface area (Å²) in [4.78, 5) is 12.4. The Balaban J connectivity index is 2.38. The summed E-state index contributed by atoms with van der Waals surface area (Å²) >= 11 is 0. The van der Waals surface area contributed by atoms with Gasteiger partial charge < -0.3 is 10.7 Å². The van der Waals surface area contributed by atoms with Crippen molar-refractivity contribution < 1.29 is 9.18 Å². The van der Waals surface area contributed by atoms with Gasteiger partial charge in [-0.1, -0.05) is 23.8 Å². The van der Waals surface area contributed by atoms with Crippen LogP contribution in [0.25, 0.3) is 0 Å². The third kappa shape index (κ3) is 3.03. The summed E-state index contributed by atoms with van der Waals surface area (Å²) in [5, 5.41) is 2.82. The van der Waals surface area contributed by atoms with E-state index in [4.69, 9.17) is 5.84 Å². The number of hydrazine groups is 1. The molecule has 4 nitrogen and oxygen atoms in total. The van der Waals surface area contributed by atoms with Gasteiger partial charge >= 0.3 is 0 Å². The molecule has 0 saturated heterocycles. The highest BCUT2D eigenvalue weighted by Gasteiger charge is 2.16. The Bertz CT molecular complexity index is 675. The van der Waals surface area contributed by atoms with E-state index in [0.717, 1.165) is 22.4 Å². The average Bonchev–Trinajstić information content (AvgIpc) is 2.42. The van der Waals surface area contributed by atoms with Crippen molar-refractivity contribution >= 4 is 17.3 Å². The Hall–Kier alpha value is -2.40. The first-order valence-electron chi connectivity index (χ1n) is 6.58. The predicted molar refractivity (Wildman–Crippen MR) is 82.8 cm³/mol. The Morgan fingerprint density at radius 1 is 1.10 bits per heavy atom. The number of carbonyl (C=O) groups excluding carboxylic acids is 1. The zero-order valence-electron chi connectivity index (χ0n) is 12.3. The van der Waals surface area contributed by atoms with E-state index in [1.165, 1.54) is 18.2 Å². The van der Waals surface area contributed by atoms with Crippen LogP contribution in [-0.4, -0.2) is 5.91 Å². The number of nitrogen functional groups attached to an aromatic ring is 1. The molecule has 5 heteroatoms. The Morgan fingerprint density at radius 3 is 2.29 bits per heavy atom. The van der Waals surface area contributed by atoms with Crippen molar-refractivity contribution in [3.63, 3.8) is 0 Å². The molecule has 0 fully saturated rings. The number of aryl methyl sites for hydroxylation is 3. The maximum atomic E-state index is 13.6. The number of nitrogens with two attached hydrogens (primary N) is 1. The van der Waals surface area contributed by atoms with E-state index in [2.05, 4.69) is 10.7 Å². The molecule has 2 rings (SSSR count). The topological polar surface area (TPSA) is 67.2 Å². The van der Waals surface area contributed by atoms with Crippen molar-refractivity contribution in [1.82, 2.24) is 0 Å². The predicted octanol–water partition coefficient (Wildman–Crippen LogP) is 3.29. The molecule has 4 N–H and O–H groups in total. The monoisotopic (exact) mass is 287 g/mol. The highest BCUT2D eigenvalue weighted by atomic mass is 19.1. The van der Waals surface area contributed by atoms with Gasteiger partial charge in [0.15, 0.2) is 0 Å². The van der Waals surface area contributed by atoms with Crippen molar-refractivity contribution in [3.8, 4) is 0 Å². The normalized spacial score (nSPS) is 10.3. The molecule has 2 aromatic rings. The van der Waals surface area contributed by atoms with Crippen LogP contribution in [0, 0.1) is 26.6 Å². The molecule has 0 saturated carbocycles. The van der Waals surface area contributed by atoms with E-state index in [1.54, 1.807) is 0 Å². The first-order valence-corrected chi connectivity index (χ1v) is 6.58. The average molecular weight is 287 g/mol. The molecule has 0 atom stereocenters. The molecule has 21 heavy (non-hydrogen) atoms. The number of para-hydroxylation sites is 1. The molecule has 0 aliphatic carbocycles. The fourth-order valence-corrected chi connectivity index (χ4v) is 2.42. The van der Waals surface area contributed by atoms with Crippen LogP contribution in [-0.2, 0) is 0 Å². The summed E-state index contributed by atoms with van der Waals surface area (Å²) in [6.07, 6.45) is 0. The van der Waals surface area contributed by atoms with Gasteiger partial charge in [-0.2, -0.15) is 0 Å². The summed E-state index contributed by atoms with van der Waals surface area (Å²) in [6, 6.07) is 8.20. The second-order valence-corrected chi connectivity index (χ2v) is 5.03. The van der Waals surface area contributed by atoms with Crippen LogP contribution in [0.4, 0.5) is 15.8 Å². The number of carbonyl (C=O) groups is 1. The molecular formula is C16H18FN3O. The first kappa shape index (κ1) is 15.0. The lowest BCUT2D eigenvalue weighted by molar-refractivity contribution is 0.102. The van der Waals surface area contributed by atoms with E-state index in [9.17, 15) is 9.18 Å².